The number of rotatable bonds is 6. The first-order chi connectivity index (χ1) is 12.7. The molecule has 6 nitrogen and oxygen atoms in total. The maximum absolute atomic E-state index is 11.8. The summed E-state index contributed by atoms with van der Waals surface area (Å²) in [5, 5.41) is 28.7. The fourth-order valence-corrected chi connectivity index (χ4v) is 1.48. The Hall–Kier alpha value is -0.457. The molecule has 0 radical (unpaired) electrons. The van der Waals surface area contributed by atoms with E-state index in [4.69, 9.17) is 50.4 Å². The molecule has 152 valence electrons. The molecule has 0 amide bonds. The minimum Gasteiger partial charge on any atom is -0.870 e. The number of halogens is 3. The normalized spacial score (nSPS) is 8.71. The van der Waals surface area contributed by atoms with Crippen molar-refractivity contribution in [2.75, 3.05) is 34.3 Å². The van der Waals surface area contributed by atoms with Crippen molar-refractivity contribution in [2.45, 2.75) is 10.7 Å². The number of ether oxygens (including phenoxy) is 1. The molecule has 1 N–H and O–H groups in total. The van der Waals surface area contributed by atoms with Gasteiger partial charge in [-0.15, -0.1) is 0 Å². The summed E-state index contributed by atoms with van der Waals surface area (Å²) in [5.74, 6) is 0.267. The SMILES string of the molecule is COc1cccc(C=NCCC[NH+](C)C)c1[O-].ClC(Cl)Cl.[N-]=C=S.[N-]=C=S.[Zn+2]. The van der Waals surface area contributed by atoms with Crippen molar-refractivity contribution in [3.8, 4) is 11.5 Å². The number of aliphatic imine (C=N–C) groups is 1. The van der Waals surface area contributed by atoms with Gasteiger partial charge in [0.15, 0.2) is 4.30 Å². The number of nitrogens with zero attached hydrogens (tertiary/aromatic N) is 3. The number of nitrogens with one attached hydrogen (secondary N) is 1. The van der Waals surface area contributed by atoms with Crippen LogP contribution < -0.4 is 14.7 Å². The molecule has 0 aliphatic rings. The second-order valence-corrected chi connectivity index (χ2v) is 7.00. The van der Waals surface area contributed by atoms with Gasteiger partial charge in [-0.2, -0.15) is 10.3 Å². The first-order valence-corrected chi connectivity index (χ1v) is 9.41. The van der Waals surface area contributed by atoms with Crippen LogP contribution >= 0.6 is 59.2 Å². The molecule has 28 heavy (non-hydrogen) atoms. The van der Waals surface area contributed by atoms with Crippen molar-refractivity contribution >= 4 is 75.8 Å². The topological polar surface area (TPSA) is 93.7 Å². The Morgan fingerprint density at radius 3 is 2.11 bits per heavy atom. The second kappa shape index (κ2) is 26.5. The van der Waals surface area contributed by atoms with E-state index < -0.39 is 4.30 Å². The van der Waals surface area contributed by atoms with Crippen LogP contribution in [0, 0.1) is 0 Å². The van der Waals surface area contributed by atoms with Gasteiger partial charge in [0.1, 0.15) is 5.75 Å². The van der Waals surface area contributed by atoms with Crippen LogP contribution in [0.3, 0.4) is 0 Å². The Balaban J connectivity index is -0.000000220. The third-order valence-electron chi connectivity index (χ3n) is 2.42. The largest absolute Gasteiger partial charge is 2.00 e. The van der Waals surface area contributed by atoms with Crippen molar-refractivity contribution in [1.29, 1.82) is 0 Å². The van der Waals surface area contributed by atoms with Crippen molar-refractivity contribution < 1.29 is 34.2 Å². The van der Waals surface area contributed by atoms with Gasteiger partial charge in [0, 0.05) is 19.2 Å². The molecule has 0 unspecified atom stereocenters. The standard InChI is InChI=1S/C13H20N2O2.CHCl3.2CNS.Zn/c1-15(2)9-5-8-14-10-11-6-4-7-12(17-3)13(11)16;2-1(3)4;2*2-1-3;/h4,6-7,10,16H,5,8-9H2,1-3H3;1H;;;/q;;2*-1;+2. The molecule has 0 heterocycles. The molecule has 0 fully saturated rings. The van der Waals surface area contributed by atoms with E-state index >= 15 is 0 Å². The number of para-hydroxylation sites is 1. The summed E-state index contributed by atoms with van der Waals surface area (Å²) in [6.45, 7) is 1.83. The summed E-state index contributed by atoms with van der Waals surface area (Å²) in [6, 6.07) is 5.21. The van der Waals surface area contributed by atoms with Gasteiger partial charge in [-0.3, -0.25) is 4.99 Å². The first kappa shape index (κ1) is 35.0. The summed E-state index contributed by atoms with van der Waals surface area (Å²) < 4.78 is 4.22. The van der Waals surface area contributed by atoms with Crippen LogP contribution in [0.5, 0.6) is 11.5 Å². The molecular formula is C16H21Cl3N4O2S2Zn. The van der Waals surface area contributed by atoms with Crippen LogP contribution in [0.15, 0.2) is 23.2 Å². The van der Waals surface area contributed by atoms with Gasteiger partial charge in [-0.1, -0.05) is 77.1 Å². The zero-order valence-corrected chi connectivity index (χ0v) is 22.7. The average Bonchev–Trinajstić information content (AvgIpc) is 2.56. The van der Waals surface area contributed by atoms with Gasteiger partial charge in [-0.25, -0.2) is 0 Å². The van der Waals surface area contributed by atoms with Crippen LogP contribution in [0.4, 0.5) is 0 Å². The molecule has 0 bridgehead atoms. The van der Waals surface area contributed by atoms with Crippen molar-refractivity contribution in [2.24, 2.45) is 4.99 Å². The molecule has 0 aromatic heterocycles. The summed E-state index contributed by atoms with van der Waals surface area (Å²) in [6.07, 6.45) is 2.66. The third-order valence-corrected chi connectivity index (χ3v) is 2.42. The molecule has 0 aliphatic heterocycles. The minimum atomic E-state index is -0.750. The van der Waals surface area contributed by atoms with Crippen LogP contribution in [-0.4, -0.2) is 55.1 Å². The summed E-state index contributed by atoms with van der Waals surface area (Å²) in [7, 11) is 5.72. The van der Waals surface area contributed by atoms with Crippen LogP contribution in [0.1, 0.15) is 12.0 Å². The smallest absolute Gasteiger partial charge is 0.870 e. The van der Waals surface area contributed by atoms with E-state index in [1.54, 1.807) is 24.4 Å². The van der Waals surface area contributed by atoms with Crippen molar-refractivity contribution in [3.63, 3.8) is 0 Å². The van der Waals surface area contributed by atoms with E-state index in [0.29, 0.717) is 11.3 Å². The van der Waals surface area contributed by atoms with E-state index in [0.717, 1.165) is 19.5 Å². The fourth-order valence-electron chi connectivity index (χ4n) is 1.48. The van der Waals surface area contributed by atoms with Gasteiger partial charge >= 0.3 is 19.5 Å². The molecule has 0 saturated carbocycles. The van der Waals surface area contributed by atoms with Crippen molar-refractivity contribution in [3.05, 3.63) is 34.6 Å². The summed E-state index contributed by atoms with van der Waals surface area (Å²) >= 11 is 21.8. The number of quaternary nitrogens is 1. The average molecular weight is 537 g/mol. The van der Waals surface area contributed by atoms with Gasteiger partial charge in [0.05, 0.1) is 27.7 Å². The Morgan fingerprint density at radius 2 is 1.71 bits per heavy atom. The minimum absolute atomic E-state index is 0. The second-order valence-electron chi connectivity index (χ2n) is 4.65. The van der Waals surface area contributed by atoms with Gasteiger partial charge in [-0.05, 0) is 11.6 Å². The molecule has 0 spiro atoms. The molecule has 0 atom stereocenters. The number of benzene rings is 1. The first-order valence-electron chi connectivity index (χ1n) is 7.29. The van der Waals surface area contributed by atoms with Gasteiger partial charge in [0.25, 0.3) is 0 Å². The number of methoxy groups -OCH3 is 1. The van der Waals surface area contributed by atoms with Crippen LogP contribution in [0.25, 0.3) is 10.8 Å². The van der Waals surface area contributed by atoms with E-state index in [2.05, 4.69) is 43.5 Å². The maximum Gasteiger partial charge on any atom is 2.00 e. The van der Waals surface area contributed by atoms with Crippen LogP contribution in [0.2, 0.25) is 0 Å². The maximum atomic E-state index is 11.8. The van der Waals surface area contributed by atoms with E-state index in [9.17, 15) is 5.11 Å². The predicted molar refractivity (Wildman–Crippen MR) is 120 cm³/mol. The summed E-state index contributed by atoms with van der Waals surface area (Å²) in [4.78, 5) is 5.66. The summed E-state index contributed by atoms with van der Waals surface area (Å²) in [5.41, 5.74) is 0.585. The molecule has 1 rings (SSSR count). The number of alkyl halides is 3. The molecule has 0 saturated heterocycles. The van der Waals surface area contributed by atoms with E-state index in [1.165, 1.54) is 22.3 Å². The predicted octanol–water partition coefficient (Wildman–Crippen LogP) is 3.02. The Labute approximate surface area is 205 Å². The zero-order chi connectivity index (χ0) is 21.7. The number of hydrogen-bond donors (Lipinski definition) is 1. The molecular weight excluding hydrogens is 516 g/mol. The van der Waals surface area contributed by atoms with Crippen molar-refractivity contribution in [1.82, 2.24) is 0 Å². The van der Waals surface area contributed by atoms with E-state index in [-0.39, 0.29) is 25.2 Å². The van der Waals surface area contributed by atoms with E-state index in [1.807, 2.05) is 0 Å². The fraction of sp³-hybridized carbons (Fsp3) is 0.438. The number of hydrogen-bond acceptors (Lipinski definition) is 5. The third kappa shape index (κ3) is 27.8. The Bertz CT molecular complexity index is 582. The molecule has 0 aliphatic carbocycles. The monoisotopic (exact) mass is 534 g/mol. The quantitative estimate of drug-likeness (QED) is 0.199. The molecule has 1 aromatic rings. The van der Waals surface area contributed by atoms with Gasteiger partial charge < -0.3 is 25.6 Å². The number of thiocarbonyl (C=S) groups is 2. The molecule has 1 aromatic carbocycles. The number of isothiocyanates is 2. The molecule has 12 heteroatoms. The Morgan fingerprint density at radius 1 is 1.25 bits per heavy atom. The van der Waals surface area contributed by atoms with Gasteiger partial charge in [0.2, 0.25) is 0 Å². The Kier molecular flexibility index (Phi) is 33.2. The zero-order valence-electron chi connectivity index (χ0n) is 15.8. The van der Waals surface area contributed by atoms with Crippen LogP contribution in [-0.2, 0) is 19.5 Å².